The van der Waals surface area contributed by atoms with E-state index < -0.39 is 6.04 Å². The monoisotopic (exact) mass is 256 g/mol. The van der Waals surface area contributed by atoms with Crippen molar-refractivity contribution in [1.29, 1.82) is 0 Å². The van der Waals surface area contributed by atoms with Crippen molar-refractivity contribution < 1.29 is 9.59 Å². The number of amides is 2. The average Bonchev–Trinajstić information content (AvgIpc) is 2.59. The van der Waals surface area contributed by atoms with Crippen molar-refractivity contribution in [3.05, 3.63) is 35.9 Å². The zero-order chi connectivity index (χ0) is 13.8. The van der Waals surface area contributed by atoms with Crippen molar-refractivity contribution >= 4 is 11.8 Å². The van der Waals surface area contributed by atoms with E-state index >= 15 is 0 Å². The molecule has 4 heteroatoms. The van der Waals surface area contributed by atoms with Gasteiger partial charge in [-0.05, 0) is 12.5 Å². The summed E-state index contributed by atoms with van der Waals surface area (Å²) < 4.78 is 0. The zero-order valence-electron chi connectivity index (χ0n) is 10.8. The van der Waals surface area contributed by atoms with Crippen LogP contribution in [0.4, 0.5) is 0 Å². The lowest BCUT2D eigenvalue weighted by Gasteiger charge is -2.27. The third-order valence-electron chi connectivity index (χ3n) is 3.26. The van der Waals surface area contributed by atoms with E-state index in [2.05, 4.69) is 11.2 Å². The molecule has 0 radical (unpaired) electrons. The summed E-state index contributed by atoms with van der Waals surface area (Å²) in [4.78, 5) is 25.8. The molecule has 0 spiro atoms. The van der Waals surface area contributed by atoms with Gasteiger partial charge in [0.05, 0.1) is 6.04 Å². The number of terminal acetylenes is 1. The van der Waals surface area contributed by atoms with Gasteiger partial charge in [0.1, 0.15) is 6.04 Å². The summed E-state index contributed by atoms with van der Waals surface area (Å²) in [5, 5.41) is 2.76. The van der Waals surface area contributed by atoms with Gasteiger partial charge in [-0.1, -0.05) is 36.3 Å². The number of benzene rings is 1. The van der Waals surface area contributed by atoms with Gasteiger partial charge in [-0.3, -0.25) is 9.59 Å². The largest absolute Gasteiger partial charge is 0.340 e. The molecule has 1 aromatic carbocycles. The molecule has 2 rings (SSSR count). The Morgan fingerprint density at radius 2 is 2.05 bits per heavy atom. The molecule has 0 saturated carbocycles. The van der Waals surface area contributed by atoms with Crippen molar-refractivity contribution in [1.82, 2.24) is 10.2 Å². The van der Waals surface area contributed by atoms with Crippen LogP contribution in [0.2, 0.25) is 0 Å². The highest BCUT2D eigenvalue weighted by molar-refractivity contribution is 5.91. The Kier molecular flexibility index (Phi) is 3.86. The third kappa shape index (κ3) is 2.76. The lowest BCUT2D eigenvalue weighted by molar-refractivity contribution is -0.134. The van der Waals surface area contributed by atoms with Crippen LogP contribution < -0.4 is 5.32 Å². The summed E-state index contributed by atoms with van der Waals surface area (Å²) in [6.45, 7) is 2.15. The highest BCUT2D eigenvalue weighted by atomic mass is 16.2. The SMILES string of the molecule is C#CC(C)N1CCC(=O)NC(c2ccccc2)C1=O. The van der Waals surface area contributed by atoms with Gasteiger partial charge in [-0.15, -0.1) is 6.42 Å². The van der Waals surface area contributed by atoms with Crippen LogP contribution in [0.15, 0.2) is 30.3 Å². The first kappa shape index (κ1) is 13.2. The smallest absolute Gasteiger partial charge is 0.250 e. The van der Waals surface area contributed by atoms with Crippen LogP contribution in [-0.4, -0.2) is 29.3 Å². The Balaban J connectivity index is 2.33. The molecule has 0 aliphatic carbocycles. The molecule has 1 fully saturated rings. The zero-order valence-corrected chi connectivity index (χ0v) is 10.8. The van der Waals surface area contributed by atoms with E-state index in [-0.39, 0.29) is 24.3 Å². The first-order valence-electron chi connectivity index (χ1n) is 6.24. The molecule has 98 valence electrons. The first-order valence-corrected chi connectivity index (χ1v) is 6.24. The number of nitrogens with one attached hydrogen (secondary N) is 1. The maximum absolute atomic E-state index is 12.5. The van der Waals surface area contributed by atoms with Gasteiger partial charge in [-0.2, -0.15) is 0 Å². The average molecular weight is 256 g/mol. The van der Waals surface area contributed by atoms with E-state index in [1.807, 2.05) is 30.3 Å². The standard InChI is InChI=1S/C15H16N2O2/c1-3-11(2)17-10-9-13(18)16-14(15(17)19)12-7-5-4-6-8-12/h1,4-8,11,14H,9-10H2,2H3,(H,16,18). The lowest BCUT2D eigenvalue weighted by atomic mass is 10.1. The highest BCUT2D eigenvalue weighted by Crippen LogP contribution is 2.20. The summed E-state index contributed by atoms with van der Waals surface area (Å²) in [7, 11) is 0. The first-order chi connectivity index (χ1) is 9.13. The van der Waals surface area contributed by atoms with Crippen molar-refractivity contribution in [3.8, 4) is 12.3 Å². The minimum Gasteiger partial charge on any atom is -0.340 e. The molecule has 19 heavy (non-hydrogen) atoms. The molecule has 1 heterocycles. The molecule has 2 amide bonds. The molecule has 2 atom stereocenters. The van der Waals surface area contributed by atoms with E-state index in [0.717, 1.165) is 5.56 Å². The van der Waals surface area contributed by atoms with Crippen LogP contribution in [0.25, 0.3) is 0 Å². The van der Waals surface area contributed by atoms with E-state index in [1.54, 1.807) is 11.8 Å². The summed E-state index contributed by atoms with van der Waals surface area (Å²) in [6.07, 6.45) is 5.66. The minimum absolute atomic E-state index is 0.131. The van der Waals surface area contributed by atoms with Crippen molar-refractivity contribution in [2.24, 2.45) is 0 Å². The van der Waals surface area contributed by atoms with Gasteiger partial charge in [0.15, 0.2) is 0 Å². The summed E-state index contributed by atoms with van der Waals surface area (Å²) in [6, 6.07) is 8.25. The lowest BCUT2D eigenvalue weighted by Crippen LogP contribution is -2.42. The second kappa shape index (κ2) is 5.57. The molecule has 1 aliphatic rings. The van der Waals surface area contributed by atoms with E-state index in [0.29, 0.717) is 6.54 Å². The van der Waals surface area contributed by atoms with E-state index in [4.69, 9.17) is 6.42 Å². The van der Waals surface area contributed by atoms with E-state index in [9.17, 15) is 9.59 Å². The number of carbonyl (C=O) groups excluding carboxylic acids is 2. The minimum atomic E-state index is -0.646. The fraction of sp³-hybridized carbons (Fsp3) is 0.333. The molecular formula is C15H16N2O2. The van der Waals surface area contributed by atoms with Crippen LogP contribution in [0, 0.1) is 12.3 Å². The summed E-state index contributed by atoms with van der Waals surface area (Å²) in [5.74, 6) is 2.26. The molecular weight excluding hydrogens is 240 g/mol. The highest BCUT2D eigenvalue weighted by Gasteiger charge is 2.32. The van der Waals surface area contributed by atoms with Crippen LogP contribution in [0.1, 0.15) is 24.9 Å². The van der Waals surface area contributed by atoms with Crippen LogP contribution >= 0.6 is 0 Å². The molecule has 4 nitrogen and oxygen atoms in total. The number of hydrogen-bond donors (Lipinski definition) is 1. The van der Waals surface area contributed by atoms with Crippen molar-refractivity contribution in [2.75, 3.05) is 6.54 Å². The Bertz CT molecular complexity index is 519. The Morgan fingerprint density at radius 3 is 2.68 bits per heavy atom. The number of hydrogen-bond acceptors (Lipinski definition) is 2. The second-order valence-corrected chi connectivity index (χ2v) is 4.54. The summed E-state index contributed by atoms with van der Waals surface area (Å²) in [5.41, 5.74) is 0.775. The predicted octanol–water partition coefficient (Wildman–Crippen LogP) is 1.10. The van der Waals surface area contributed by atoms with Gasteiger partial charge < -0.3 is 10.2 Å². The van der Waals surface area contributed by atoms with Crippen molar-refractivity contribution in [2.45, 2.75) is 25.4 Å². The number of carbonyl (C=O) groups is 2. The molecule has 1 aromatic rings. The Labute approximate surface area is 112 Å². The number of nitrogens with zero attached hydrogens (tertiary/aromatic N) is 1. The maximum Gasteiger partial charge on any atom is 0.250 e. The quantitative estimate of drug-likeness (QED) is 0.805. The van der Waals surface area contributed by atoms with Crippen LogP contribution in [-0.2, 0) is 9.59 Å². The topological polar surface area (TPSA) is 49.4 Å². The van der Waals surface area contributed by atoms with Gasteiger partial charge in [-0.25, -0.2) is 0 Å². The maximum atomic E-state index is 12.5. The van der Waals surface area contributed by atoms with Gasteiger partial charge in [0, 0.05) is 13.0 Å². The molecule has 0 bridgehead atoms. The fourth-order valence-electron chi connectivity index (χ4n) is 2.14. The molecule has 1 N–H and O–H groups in total. The normalized spacial score (nSPS) is 21.3. The van der Waals surface area contributed by atoms with Gasteiger partial charge >= 0.3 is 0 Å². The van der Waals surface area contributed by atoms with Crippen LogP contribution in [0.3, 0.4) is 0 Å². The molecule has 1 aliphatic heterocycles. The Morgan fingerprint density at radius 1 is 1.37 bits per heavy atom. The molecule has 1 saturated heterocycles. The van der Waals surface area contributed by atoms with Gasteiger partial charge in [0.2, 0.25) is 5.91 Å². The van der Waals surface area contributed by atoms with Crippen LogP contribution in [0.5, 0.6) is 0 Å². The second-order valence-electron chi connectivity index (χ2n) is 4.54. The summed E-state index contributed by atoms with van der Waals surface area (Å²) >= 11 is 0. The van der Waals surface area contributed by atoms with Gasteiger partial charge in [0.25, 0.3) is 5.91 Å². The van der Waals surface area contributed by atoms with E-state index in [1.165, 1.54) is 0 Å². The number of rotatable bonds is 2. The molecule has 0 aromatic heterocycles. The van der Waals surface area contributed by atoms with Crippen molar-refractivity contribution in [3.63, 3.8) is 0 Å². The molecule has 2 unspecified atom stereocenters. The fourth-order valence-corrected chi connectivity index (χ4v) is 2.14. The third-order valence-corrected chi connectivity index (χ3v) is 3.26. The Hall–Kier alpha value is -2.28. The predicted molar refractivity (Wildman–Crippen MR) is 72.0 cm³/mol.